The van der Waals surface area contributed by atoms with Gasteiger partial charge in [0.05, 0.1) is 0 Å². The molecule has 2 aromatic rings. The lowest BCUT2D eigenvalue weighted by molar-refractivity contribution is -0.150. The maximum absolute atomic E-state index is 12.4. The highest BCUT2D eigenvalue weighted by molar-refractivity contribution is 5.96. The van der Waals surface area contributed by atoms with Gasteiger partial charge < -0.3 is 14.8 Å². The van der Waals surface area contributed by atoms with Crippen LogP contribution in [0.2, 0.25) is 0 Å². The molecule has 6 rings (SSSR count). The smallest absolute Gasteiger partial charge is 0.344 e. The quantitative estimate of drug-likeness (QED) is 0.676. The van der Waals surface area contributed by atoms with E-state index in [9.17, 15) is 14.4 Å². The first-order chi connectivity index (χ1) is 15.5. The highest BCUT2D eigenvalue weighted by Crippen LogP contribution is 2.55. The van der Waals surface area contributed by atoms with Gasteiger partial charge in [-0.1, -0.05) is 36.4 Å². The number of carbonyl (C=O) groups excluding carboxylic acids is 3. The number of urea groups is 1. The van der Waals surface area contributed by atoms with Crippen LogP contribution in [0.25, 0.3) is 10.8 Å². The van der Waals surface area contributed by atoms with E-state index in [0.717, 1.165) is 30.0 Å². The van der Waals surface area contributed by atoms with Gasteiger partial charge in [0.2, 0.25) is 0 Å². The van der Waals surface area contributed by atoms with Gasteiger partial charge in [-0.3, -0.25) is 10.1 Å². The van der Waals surface area contributed by atoms with Crippen molar-refractivity contribution in [3.05, 3.63) is 42.5 Å². The molecule has 7 heteroatoms. The van der Waals surface area contributed by atoms with Gasteiger partial charge in [0.15, 0.2) is 13.2 Å². The highest BCUT2D eigenvalue weighted by atomic mass is 16.6. The van der Waals surface area contributed by atoms with Crippen LogP contribution in [-0.4, -0.2) is 36.7 Å². The molecule has 0 aromatic heterocycles. The molecule has 0 aliphatic heterocycles. The van der Waals surface area contributed by atoms with Crippen molar-refractivity contribution in [1.29, 1.82) is 0 Å². The molecule has 0 heterocycles. The second kappa shape index (κ2) is 8.45. The fourth-order valence-electron chi connectivity index (χ4n) is 6.34. The van der Waals surface area contributed by atoms with Gasteiger partial charge in [0.1, 0.15) is 5.75 Å². The van der Waals surface area contributed by atoms with Crippen LogP contribution in [0.5, 0.6) is 5.75 Å². The van der Waals surface area contributed by atoms with E-state index < -0.39 is 24.5 Å². The molecule has 3 amide bonds. The molecule has 168 valence electrons. The number of amides is 3. The standard InChI is InChI=1S/C25H28N2O5/c28-22(26-24(30)27-25-11-16-8-17(12-25)10-18(9-16)13-25)14-32-23(29)15-31-21-7-3-5-19-4-1-2-6-20(19)21/h1-7,16-18H,8-15H2,(H2,26,27,28,30). The zero-order valence-corrected chi connectivity index (χ0v) is 18.0. The molecule has 4 saturated carbocycles. The van der Waals surface area contributed by atoms with Crippen LogP contribution in [0.1, 0.15) is 38.5 Å². The summed E-state index contributed by atoms with van der Waals surface area (Å²) in [4.78, 5) is 36.5. The van der Waals surface area contributed by atoms with Crippen molar-refractivity contribution < 1.29 is 23.9 Å². The molecule has 4 aliphatic carbocycles. The third-order valence-electron chi connectivity index (χ3n) is 7.13. The first kappa shape index (κ1) is 20.8. The number of hydrogen-bond donors (Lipinski definition) is 2. The van der Waals surface area contributed by atoms with Crippen LogP contribution in [0.4, 0.5) is 4.79 Å². The molecule has 0 unspecified atom stereocenters. The summed E-state index contributed by atoms with van der Waals surface area (Å²) in [6, 6.07) is 12.8. The maximum Gasteiger partial charge on any atom is 0.344 e. The van der Waals surface area contributed by atoms with Gasteiger partial charge >= 0.3 is 12.0 Å². The molecule has 0 saturated heterocycles. The monoisotopic (exact) mass is 436 g/mol. The minimum atomic E-state index is -0.672. The number of imide groups is 1. The number of fused-ring (bicyclic) bond motifs is 1. The van der Waals surface area contributed by atoms with Crippen LogP contribution in [-0.2, 0) is 14.3 Å². The van der Waals surface area contributed by atoms with E-state index in [0.29, 0.717) is 23.5 Å². The lowest BCUT2D eigenvalue weighted by atomic mass is 9.53. The van der Waals surface area contributed by atoms with Gasteiger partial charge in [0.25, 0.3) is 5.91 Å². The average Bonchev–Trinajstić information content (AvgIpc) is 2.74. The van der Waals surface area contributed by atoms with Crippen LogP contribution in [0.15, 0.2) is 42.5 Å². The molecule has 2 N–H and O–H groups in total. The van der Waals surface area contributed by atoms with E-state index in [1.807, 2.05) is 36.4 Å². The second-order valence-electron chi connectivity index (χ2n) is 9.63. The van der Waals surface area contributed by atoms with Crippen molar-refractivity contribution >= 4 is 28.7 Å². The lowest BCUT2D eigenvalue weighted by Gasteiger charge is -2.56. The SMILES string of the molecule is O=C(COC(=O)COc1cccc2ccccc12)NC(=O)NC12CC3CC(CC(C3)C1)C2. The third kappa shape index (κ3) is 4.42. The van der Waals surface area contributed by atoms with E-state index in [2.05, 4.69) is 10.6 Å². The van der Waals surface area contributed by atoms with Crippen molar-refractivity contribution in [3.8, 4) is 5.75 Å². The van der Waals surface area contributed by atoms with Crippen LogP contribution >= 0.6 is 0 Å². The normalized spacial score (nSPS) is 27.7. The Morgan fingerprint density at radius 3 is 2.25 bits per heavy atom. The summed E-state index contributed by atoms with van der Waals surface area (Å²) in [5.74, 6) is 1.33. The molecule has 0 radical (unpaired) electrons. The molecule has 4 fully saturated rings. The van der Waals surface area contributed by atoms with Crippen molar-refractivity contribution in [2.24, 2.45) is 17.8 Å². The van der Waals surface area contributed by atoms with Crippen LogP contribution < -0.4 is 15.4 Å². The number of rotatable bonds is 6. The summed E-state index contributed by atoms with van der Waals surface area (Å²) in [6.07, 6.45) is 6.83. The highest BCUT2D eigenvalue weighted by Gasteiger charge is 2.51. The Morgan fingerprint density at radius 1 is 0.875 bits per heavy atom. The largest absolute Gasteiger partial charge is 0.481 e. The zero-order valence-electron chi connectivity index (χ0n) is 18.0. The molecular formula is C25H28N2O5. The summed E-state index contributed by atoms with van der Waals surface area (Å²) < 4.78 is 10.5. The van der Waals surface area contributed by atoms with Gasteiger partial charge in [-0.15, -0.1) is 0 Å². The second-order valence-corrected chi connectivity index (χ2v) is 9.63. The first-order valence-corrected chi connectivity index (χ1v) is 11.4. The lowest BCUT2D eigenvalue weighted by Crippen LogP contribution is -2.62. The number of carbonyl (C=O) groups is 3. The Balaban J connectivity index is 1.06. The summed E-state index contributed by atoms with van der Waals surface area (Å²) in [5, 5.41) is 7.27. The van der Waals surface area contributed by atoms with Gasteiger partial charge in [-0.2, -0.15) is 0 Å². The van der Waals surface area contributed by atoms with Crippen LogP contribution in [0, 0.1) is 17.8 Å². The van der Waals surface area contributed by atoms with E-state index in [1.165, 1.54) is 19.3 Å². The average molecular weight is 437 g/mol. The molecule has 4 bridgehead atoms. The van der Waals surface area contributed by atoms with Crippen molar-refractivity contribution in [2.75, 3.05) is 13.2 Å². The summed E-state index contributed by atoms with van der Waals surface area (Å²) >= 11 is 0. The minimum Gasteiger partial charge on any atom is -0.481 e. The van der Waals surface area contributed by atoms with Crippen molar-refractivity contribution in [3.63, 3.8) is 0 Å². The number of benzene rings is 2. The minimum absolute atomic E-state index is 0.178. The Bertz CT molecular complexity index is 1010. The Hall–Kier alpha value is -3.09. The van der Waals surface area contributed by atoms with Crippen molar-refractivity contribution in [1.82, 2.24) is 10.6 Å². The Kier molecular flexibility index (Phi) is 5.49. The summed E-state index contributed by atoms with van der Waals surface area (Å²) in [5.41, 5.74) is -0.178. The van der Waals surface area contributed by atoms with Crippen molar-refractivity contribution in [2.45, 2.75) is 44.1 Å². The molecule has 0 atom stereocenters. The third-order valence-corrected chi connectivity index (χ3v) is 7.13. The van der Waals surface area contributed by atoms with E-state index >= 15 is 0 Å². The number of hydrogen-bond acceptors (Lipinski definition) is 5. The number of nitrogens with one attached hydrogen (secondary N) is 2. The summed E-state index contributed by atoms with van der Waals surface area (Å²) in [7, 11) is 0. The predicted molar refractivity (Wildman–Crippen MR) is 118 cm³/mol. The fourth-order valence-corrected chi connectivity index (χ4v) is 6.34. The van der Waals surface area contributed by atoms with E-state index in [4.69, 9.17) is 9.47 Å². The number of ether oxygens (including phenoxy) is 2. The van der Waals surface area contributed by atoms with Gasteiger partial charge in [-0.05, 0) is 67.7 Å². The van der Waals surface area contributed by atoms with Gasteiger partial charge in [0, 0.05) is 10.9 Å². The number of esters is 1. The predicted octanol–water partition coefficient (Wildman–Crippen LogP) is 3.56. The Labute approximate surface area is 186 Å². The summed E-state index contributed by atoms with van der Waals surface area (Å²) in [6.45, 7) is -0.840. The molecule has 32 heavy (non-hydrogen) atoms. The topological polar surface area (TPSA) is 93.7 Å². The van der Waals surface area contributed by atoms with Gasteiger partial charge in [-0.25, -0.2) is 9.59 Å². The molecular weight excluding hydrogens is 408 g/mol. The molecule has 4 aliphatic rings. The molecule has 2 aromatic carbocycles. The fraction of sp³-hybridized carbons (Fsp3) is 0.480. The van der Waals surface area contributed by atoms with E-state index in [1.54, 1.807) is 6.07 Å². The Morgan fingerprint density at radius 2 is 1.53 bits per heavy atom. The maximum atomic E-state index is 12.4. The molecule has 0 spiro atoms. The van der Waals surface area contributed by atoms with E-state index in [-0.39, 0.29) is 12.1 Å². The van der Waals surface area contributed by atoms with Crippen LogP contribution in [0.3, 0.4) is 0 Å². The first-order valence-electron chi connectivity index (χ1n) is 11.4. The molecule has 7 nitrogen and oxygen atoms in total. The zero-order chi connectivity index (χ0) is 22.1.